The van der Waals surface area contributed by atoms with E-state index in [1.165, 1.54) is 4.88 Å². The van der Waals surface area contributed by atoms with Gasteiger partial charge < -0.3 is 25.0 Å². The molecular formula is C22H32N4O2S. The molecule has 1 aliphatic rings. The normalized spacial score (nSPS) is 18.1. The molecule has 7 heteroatoms. The van der Waals surface area contributed by atoms with E-state index in [9.17, 15) is 0 Å². The largest absolute Gasteiger partial charge is 0.491 e. The summed E-state index contributed by atoms with van der Waals surface area (Å²) in [6.45, 7) is 8.17. The van der Waals surface area contributed by atoms with Gasteiger partial charge in [0.1, 0.15) is 5.75 Å². The van der Waals surface area contributed by atoms with Crippen molar-refractivity contribution in [3.8, 4) is 5.75 Å². The van der Waals surface area contributed by atoms with Crippen LogP contribution >= 0.6 is 11.3 Å². The van der Waals surface area contributed by atoms with E-state index in [1.54, 1.807) is 11.3 Å². The molecule has 1 fully saturated rings. The molecule has 6 nitrogen and oxygen atoms in total. The van der Waals surface area contributed by atoms with E-state index in [0.717, 1.165) is 50.1 Å². The summed E-state index contributed by atoms with van der Waals surface area (Å²) in [6.07, 6.45) is 1.27. The molecule has 0 spiro atoms. The predicted octanol–water partition coefficient (Wildman–Crippen LogP) is 3.47. The number of ether oxygens (including phenoxy) is 2. The highest BCUT2D eigenvalue weighted by molar-refractivity contribution is 7.09. The highest BCUT2D eigenvalue weighted by Gasteiger charge is 2.17. The van der Waals surface area contributed by atoms with Gasteiger partial charge in [-0.15, -0.1) is 11.3 Å². The molecule has 0 radical (unpaired) electrons. The van der Waals surface area contributed by atoms with Crippen LogP contribution in [0.15, 0.2) is 46.8 Å². The van der Waals surface area contributed by atoms with Gasteiger partial charge >= 0.3 is 0 Å². The Bertz CT molecular complexity index is 747. The van der Waals surface area contributed by atoms with Crippen LogP contribution in [0.4, 0.5) is 5.69 Å². The smallest absolute Gasteiger partial charge is 0.195 e. The molecule has 1 atom stereocenters. The molecule has 1 aromatic carbocycles. The molecule has 1 saturated heterocycles. The summed E-state index contributed by atoms with van der Waals surface area (Å²) >= 11 is 1.78. The summed E-state index contributed by atoms with van der Waals surface area (Å²) in [5, 5.41) is 8.97. The van der Waals surface area contributed by atoms with Crippen molar-refractivity contribution in [3.05, 3.63) is 46.7 Å². The number of anilines is 1. The Balaban J connectivity index is 1.60. The van der Waals surface area contributed by atoms with Gasteiger partial charge in [-0.2, -0.15) is 0 Å². The van der Waals surface area contributed by atoms with E-state index in [0.29, 0.717) is 6.54 Å². The molecule has 0 amide bonds. The fourth-order valence-corrected chi connectivity index (χ4v) is 3.80. The lowest BCUT2D eigenvalue weighted by atomic mass is 10.3. The second-order valence-electron chi connectivity index (χ2n) is 7.52. The average Bonchev–Trinajstić information content (AvgIpc) is 3.20. The number of aliphatic imine (C=N–C) groups is 1. The summed E-state index contributed by atoms with van der Waals surface area (Å²) in [5.41, 5.74) is 0.977. The minimum absolute atomic E-state index is 0.131. The van der Waals surface area contributed by atoms with E-state index in [4.69, 9.17) is 14.5 Å². The van der Waals surface area contributed by atoms with Gasteiger partial charge in [-0.05, 0) is 63.0 Å². The first-order valence-corrected chi connectivity index (χ1v) is 11.1. The number of hydrogen-bond acceptors (Lipinski definition) is 5. The Kier molecular flexibility index (Phi) is 8.34. The van der Waals surface area contributed by atoms with Gasteiger partial charge in [-0.1, -0.05) is 6.07 Å². The topological polar surface area (TPSA) is 58.1 Å². The summed E-state index contributed by atoms with van der Waals surface area (Å²) in [5.74, 6) is 1.64. The Labute approximate surface area is 177 Å². The van der Waals surface area contributed by atoms with Crippen LogP contribution in [0, 0.1) is 0 Å². The zero-order chi connectivity index (χ0) is 20.5. The van der Waals surface area contributed by atoms with Gasteiger partial charge in [-0.25, -0.2) is 0 Å². The van der Waals surface area contributed by atoms with Crippen molar-refractivity contribution in [2.75, 3.05) is 45.2 Å². The van der Waals surface area contributed by atoms with Gasteiger partial charge in [0.2, 0.25) is 0 Å². The second kappa shape index (κ2) is 11.2. The maximum atomic E-state index is 5.85. The first-order chi connectivity index (χ1) is 14.1. The fraction of sp³-hybridized carbons (Fsp3) is 0.500. The van der Waals surface area contributed by atoms with Crippen molar-refractivity contribution in [3.63, 3.8) is 0 Å². The SMILES string of the molecule is CC(C)Oc1ccc(NC(=NCC2CN(C)CCO2)NCCc2cccs2)cc1. The molecule has 3 rings (SSSR count). The minimum Gasteiger partial charge on any atom is -0.491 e. The van der Waals surface area contributed by atoms with E-state index in [1.807, 2.05) is 38.1 Å². The average molecular weight is 417 g/mol. The van der Waals surface area contributed by atoms with E-state index in [-0.39, 0.29) is 12.2 Å². The Morgan fingerprint density at radius 3 is 2.83 bits per heavy atom. The lowest BCUT2D eigenvalue weighted by Crippen LogP contribution is -2.42. The van der Waals surface area contributed by atoms with E-state index in [2.05, 4.69) is 40.1 Å². The van der Waals surface area contributed by atoms with Crippen molar-refractivity contribution < 1.29 is 9.47 Å². The van der Waals surface area contributed by atoms with Gasteiger partial charge in [0.15, 0.2) is 5.96 Å². The van der Waals surface area contributed by atoms with Crippen LogP contribution < -0.4 is 15.4 Å². The van der Waals surface area contributed by atoms with Gasteiger partial charge in [-0.3, -0.25) is 4.99 Å². The van der Waals surface area contributed by atoms with Gasteiger partial charge in [0.05, 0.1) is 25.4 Å². The molecule has 29 heavy (non-hydrogen) atoms. The van der Waals surface area contributed by atoms with Gasteiger partial charge in [0, 0.05) is 30.2 Å². The second-order valence-corrected chi connectivity index (χ2v) is 8.55. The summed E-state index contributed by atoms with van der Waals surface area (Å²) in [4.78, 5) is 8.43. The number of nitrogens with zero attached hydrogens (tertiary/aromatic N) is 2. The zero-order valence-electron chi connectivity index (χ0n) is 17.6. The minimum atomic E-state index is 0.131. The Hall–Kier alpha value is -2.09. The number of likely N-dealkylation sites (N-methyl/N-ethyl adjacent to an activating group) is 1. The lowest BCUT2D eigenvalue weighted by molar-refractivity contribution is -0.0136. The molecular weight excluding hydrogens is 384 g/mol. The van der Waals surface area contributed by atoms with Crippen LogP contribution in [0.25, 0.3) is 0 Å². The number of rotatable bonds is 8. The summed E-state index contributed by atoms with van der Waals surface area (Å²) in [6, 6.07) is 12.2. The third-order valence-electron chi connectivity index (χ3n) is 4.53. The van der Waals surface area contributed by atoms with Crippen LogP contribution in [0.5, 0.6) is 5.75 Å². The van der Waals surface area contributed by atoms with Crippen LogP contribution in [-0.4, -0.2) is 62.9 Å². The molecule has 2 heterocycles. The van der Waals surface area contributed by atoms with E-state index < -0.39 is 0 Å². The van der Waals surface area contributed by atoms with Crippen molar-refractivity contribution in [1.29, 1.82) is 0 Å². The van der Waals surface area contributed by atoms with Crippen LogP contribution in [-0.2, 0) is 11.2 Å². The Morgan fingerprint density at radius 2 is 2.14 bits per heavy atom. The molecule has 0 bridgehead atoms. The first kappa shape index (κ1) is 21.6. The number of nitrogens with one attached hydrogen (secondary N) is 2. The van der Waals surface area contributed by atoms with Gasteiger partial charge in [0.25, 0.3) is 0 Å². The number of thiophene rings is 1. The third kappa shape index (κ3) is 7.68. The van der Waals surface area contributed by atoms with Crippen LogP contribution in [0.2, 0.25) is 0 Å². The maximum absolute atomic E-state index is 5.85. The van der Waals surface area contributed by atoms with Crippen molar-refractivity contribution >= 4 is 23.0 Å². The summed E-state index contributed by atoms with van der Waals surface area (Å²) in [7, 11) is 2.12. The molecule has 2 aromatic rings. The highest BCUT2D eigenvalue weighted by atomic mass is 32.1. The molecule has 1 unspecified atom stereocenters. The molecule has 158 valence electrons. The number of guanidine groups is 1. The Morgan fingerprint density at radius 1 is 1.31 bits per heavy atom. The van der Waals surface area contributed by atoms with Crippen molar-refractivity contribution in [1.82, 2.24) is 10.2 Å². The van der Waals surface area contributed by atoms with Crippen LogP contribution in [0.1, 0.15) is 18.7 Å². The number of hydrogen-bond donors (Lipinski definition) is 2. The monoisotopic (exact) mass is 416 g/mol. The molecule has 1 aliphatic heterocycles. The number of morpholine rings is 1. The first-order valence-electron chi connectivity index (χ1n) is 10.2. The van der Waals surface area contributed by atoms with E-state index >= 15 is 0 Å². The standard InChI is InChI=1S/C22H32N4O2S/c1-17(2)28-19-8-6-18(7-9-19)25-22(23-11-10-21-5-4-14-29-21)24-15-20-16-26(3)12-13-27-20/h4-9,14,17,20H,10-13,15-16H2,1-3H3,(H2,23,24,25). The molecule has 2 N–H and O–H groups in total. The molecule has 1 aromatic heterocycles. The van der Waals surface area contributed by atoms with Crippen molar-refractivity contribution in [2.24, 2.45) is 4.99 Å². The third-order valence-corrected chi connectivity index (χ3v) is 5.46. The van der Waals surface area contributed by atoms with Crippen molar-refractivity contribution in [2.45, 2.75) is 32.5 Å². The molecule has 0 saturated carbocycles. The summed E-state index contributed by atoms with van der Waals surface area (Å²) < 4.78 is 11.6. The highest BCUT2D eigenvalue weighted by Crippen LogP contribution is 2.17. The quantitative estimate of drug-likeness (QED) is 0.510. The maximum Gasteiger partial charge on any atom is 0.195 e. The predicted molar refractivity (Wildman–Crippen MR) is 121 cm³/mol. The molecule has 0 aliphatic carbocycles. The lowest BCUT2D eigenvalue weighted by Gasteiger charge is -2.29. The van der Waals surface area contributed by atoms with Crippen LogP contribution in [0.3, 0.4) is 0 Å². The fourth-order valence-electron chi connectivity index (χ4n) is 3.09. The number of benzene rings is 1. The zero-order valence-corrected chi connectivity index (χ0v) is 18.4.